The van der Waals surface area contributed by atoms with Gasteiger partial charge in [0.2, 0.25) is 5.13 Å². The van der Waals surface area contributed by atoms with Gasteiger partial charge in [0.1, 0.15) is 5.01 Å². The number of rotatable bonds is 4. The zero-order valence-corrected chi connectivity index (χ0v) is 14.5. The molecule has 0 aliphatic heterocycles. The molecule has 0 unspecified atom stereocenters. The van der Waals surface area contributed by atoms with Crippen LogP contribution in [0, 0.1) is 3.57 Å². The lowest BCUT2D eigenvalue weighted by atomic mass is 10.2. The van der Waals surface area contributed by atoms with Gasteiger partial charge in [0, 0.05) is 15.6 Å². The highest BCUT2D eigenvalue weighted by Gasteiger charge is 2.10. The molecule has 1 heterocycles. The standard InChI is InChI=1S/C16H12IN3OS/c17-13-8-4-7-12(10-13)15(21)18-16-20-19-14(22-16)9-11-5-2-1-3-6-11/h1-8,10H,9H2,(H,18,20,21). The Labute approximate surface area is 145 Å². The van der Waals surface area contributed by atoms with Crippen LogP contribution in [0.3, 0.4) is 0 Å². The maximum absolute atomic E-state index is 12.2. The number of amides is 1. The van der Waals surface area contributed by atoms with Crippen LogP contribution < -0.4 is 5.32 Å². The Morgan fingerprint density at radius 1 is 1.09 bits per heavy atom. The van der Waals surface area contributed by atoms with E-state index in [-0.39, 0.29) is 5.91 Å². The quantitative estimate of drug-likeness (QED) is 0.649. The Balaban J connectivity index is 1.68. The van der Waals surface area contributed by atoms with Crippen molar-refractivity contribution in [3.63, 3.8) is 0 Å². The van der Waals surface area contributed by atoms with Crippen LogP contribution in [0.5, 0.6) is 0 Å². The molecule has 0 bridgehead atoms. The van der Waals surface area contributed by atoms with E-state index in [9.17, 15) is 4.79 Å². The molecule has 1 aromatic heterocycles. The first kappa shape index (κ1) is 15.1. The third-order valence-electron chi connectivity index (χ3n) is 2.97. The van der Waals surface area contributed by atoms with Crippen LogP contribution in [-0.4, -0.2) is 16.1 Å². The van der Waals surface area contributed by atoms with Gasteiger partial charge in [-0.2, -0.15) is 0 Å². The van der Waals surface area contributed by atoms with E-state index in [1.54, 1.807) is 6.07 Å². The molecule has 0 spiro atoms. The summed E-state index contributed by atoms with van der Waals surface area (Å²) >= 11 is 3.58. The SMILES string of the molecule is O=C(Nc1nnc(Cc2ccccc2)s1)c1cccc(I)c1. The average molecular weight is 421 g/mol. The van der Waals surface area contributed by atoms with E-state index in [0.29, 0.717) is 10.7 Å². The number of hydrogen-bond donors (Lipinski definition) is 1. The van der Waals surface area contributed by atoms with Crippen molar-refractivity contribution >= 4 is 45.0 Å². The molecule has 6 heteroatoms. The van der Waals surface area contributed by atoms with Gasteiger partial charge >= 0.3 is 0 Å². The molecule has 0 saturated carbocycles. The monoisotopic (exact) mass is 421 g/mol. The fourth-order valence-corrected chi connectivity index (χ4v) is 3.26. The number of nitrogens with zero attached hydrogens (tertiary/aromatic N) is 2. The topological polar surface area (TPSA) is 54.9 Å². The number of nitrogens with one attached hydrogen (secondary N) is 1. The van der Waals surface area contributed by atoms with Gasteiger partial charge in [0.05, 0.1) is 0 Å². The number of halogens is 1. The Bertz CT molecular complexity index is 789. The van der Waals surface area contributed by atoms with Crippen molar-refractivity contribution in [2.45, 2.75) is 6.42 Å². The summed E-state index contributed by atoms with van der Waals surface area (Å²) in [4.78, 5) is 12.2. The average Bonchev–Trinajstić information content (AvgIpc) is 2.95. The van der Waals surface area contributed by atoms with E-state index < -0.39 is 0 Å². The van der Waals surface area contributed by atoms with Crippen molar-refractivity contribution in [2.24, 2.45) is 0 Å². The van der Waals surface area contributed by atoms with Crippen molar-refractivity contribution in [1.29, 1.82) is 0 Å². The molecule has 1 N–H and O–H groups in total. The number of aromatic nitrogens is 2. The number of carbonyl (C=O) groups is 1. The first-order valence-electron chi connectivity index (χ1n) is 6.64. The van der Waals surface area contributed by atoms with E-state index in [4.69, 9.17) is 0 Å². The van der Waals surface area contributed by atoms with Crippen LogP contribution in [-0.2, 0) is 6.42 Å². The lowest BCUT2D eigenvalue weighted by molar-refractivity contribution is 0.102. The van der Waals surface area contributed by atoms with Crippen LogP contribution in [0.15, 0.2) is 54.6 Å². The van der Waals surface area contributed by atoms with E-state index >= 15 is 0 Å². The van der Waals surface area contributed by atoms with E-state index in [1.807, 2.05) is 48.5 Å². The molecule has 110 valence electrons. The maximum atomic E-state index is 12.2. The zero-order chi connectivity index (χ0) is 15.4. The Morgan fingerprint density at radius 3 is 2.68 bits per heavy atom. The molecule has 0 aliphatic carbocycles. The summed E-state index contributed by atoms with van der Waals surface area (Å²) < 4.78 is 1.02. The highest BCUT2D eigenvalue weighted by molar-refractivity contribution is 14.1. The van der Waals surface area contributed by atoms with Crippen molar-refractivity contribution < 1.29 is 4.79 Å². The molecule has 1 amide bonds. The summed E-state index contributed by atoms with van der Waals surface area (Å²) in [6.07, 6.45) is 0.720. The summed E-state index contributed by atoms with van der Waals surface area (Å²) in [5.41, 5.74) is 1.79. The third kappa shape index (κ3) is 3.89. The molecule has 0 radical (unpaired) electrons. The first-order chi connectivity index (χ1) is 10.7. The molecule has 0 atom stereocenters. The lowest BCUT2D eigenvalue weighted by Gasteiger charge is -2.01. The van der Waals surface area contributed by atoms with Crippen LogP contribution >= 0.6 is 33.9 Å². The molecule has 3 aromatic rings. The number of carbonyl (C=O) groups excluding carboxylic acids is 1. The van der Waals surface area contributed by atoms with Gasteiger partial charge in [-0.3, -0.25) is 10.1 Å². The van der Waals surface area contributed by atoms with Gasteiger partial charge in [-0.15, -0.1) is 10.2 Å². The molecule has 2 aromatic carbocycles. The van der Waals surface area contributed by atoms with E-state index in [0.717, 1.165) is 15.0 Å². The minimum absolute atomic E-state index is 0.166. The van der Waals surface area contributed by atoms with Crippen LogP contribution in [0.25, 0.3) is 0 Å². The molecule has 0 fully saturated rings. The van der Waals surface area contributed by atoms with Crippen molar-refractivity contribution in [1.82, 2.24) is 10.2 Å². The fraction of sp³-hybridized carbons (Fsp3) is 0.0625. The van der Waals surface area contributed by atoms with Gasteiger partial charge in [-0.25, -0.2) is 0 Å². The molecular weight excluding hydrogens is 409 g/mol. The fourth-order valence-electron chi connectivity index (χ4n) is 1.95. The summed E-state index contributed by atoms with van der Waals surface area (Å²) in [6, 6.07) is 17.5. The van der Waals surface area contributed by atoms with Crippen LogP contribution in [0.4, 0.5) is 5.13 Å². The molecule has 0 aliphatic rings. The lowest BCUT2D eigenvalue weighted by Crippen LogP contribution is -2.11. The molecule has 22 heavy (non-hydrogen) atoms. The maximum Gasteiger partial charge on any atom is 0.257 e. The van der Waals surface area contributed by atoms with E-state index in [1.165, 1.54) is 16.9 Å². The highest BCUT2D eigenvalue weighted by atomic mass is 127. The molecule has 4 nitrogen and oxygen atoms in total. The second kappa shape index (κ2) is 6.97. The number of anilines is 1. The Kier molecular flexibility index (Phi) is 4.79. The predicted octanol–water partition coefficient (Wildman–Crippen LogP) is 3.99. The van der Waals surface area contributed by atoms with Gasteiger partial charge in [-0.1, -0.05) is 47.7 Å². The summed E-state index contributed by atoms with van der Waals surface area (Å²) in [5, 5.41) is 12.4. The molecule has 3 rings (SSSR count). The van der Waals surface area contributed by atoms with Gasteiger partial charge < -0.3 is 0 Å². The number of benzene rings is 2. The minimum atomic E-state index is -0.166. The molecule has 0 saturated heterocycles. The Hall–Kier alpha value is -1.80. The van der Waals surface area contributed by atoms with Crippen molar-refractivity contribution in [2.75, 3.05) is 5.32 Å². The second-order valence-electron chi connectivity index (χ2n) is 4.63. The largest absolute Gasteiger partial charge is 0.296 e. The minimum Gasteiger partial charge on any atom is -0.296 e. The second-order valence-corrected chi connectivity index (χ2v) is 6.94. The third-order valence-corrected chi connectivity index (χ3v) is 4.48. The van der Waals surface area contributed by atoms with Gasteiger partial charge in [-0.05, 0) is 46.4 Å². The van der Waals surface area contributed by atoms with Crippen LogP contribution in [0.2, 0.25) is 0 Å². The van der Waals surface area contributed by atoms with Crippen LogP contribution in [0.1, 0.15) is 20.9 Å². The van der Waals surface area contributed by atoms with Gasteiger partial charge in [0.15, 0.2) is 0 Å². The van der Waals surface area contributed by atoms with Gasteiger partial charge in [0.25, 0.3) is 5.91 Å². The highest BCUT2D eigenvalue weighted by Crippen LogP contribution is 2.19. The van der Waals surface area contributed by atoms with Crippen molar-refractivity contribution in [3.05, 3.63) is 74.3 Å². The molecular formula is C16H12IN3OS. The summed E-state index contributed by atoms with van der Waals surface area (Å²) in [7, 11) is 0. The first-order valence-corrected chi connectivity index (χ1v) is 8.53. The predicted molar refractivity (Wildman–Crippen MR) is 96.3 cm³/mol. The Morgan fingerprint density at radius 2 is 1.91 bits per heavy atom. The smallest absolute Gasteiger partial charge is 0.257 e. The van der Waals surface area contributed by atoms with Crippen molar-refractivity contribution in [3.8, 4) is 0 Å². The number of hydrogen-bond acceptors (Lipinski definition) is 4. The summed E-state index contributed by atoms with van der Waals surface area (Å²) in [5.74, 6) is -0.166. The normalized spacial score (nSPS) is 10.4. The summed E-state index contributed by atoms with van der Waals surface area (Å²) in [6.45, 7) is 0. The van der Waals surface area contributed by atoms with E-state index in [2.05, 4.69) is 38.1 Å². The zero-order valence-electron chi connectivity index (χ0n) is 11.5.